The maximum absolute atomic E-state index is 13.2. The zero-order chi connectivity index (χ0) is 22.7. The zero-order valence-corrected chi connectivity index (χ0v) is 19.2. The van der Waals surface area contributed by atoms with Crippen molar-refractivity contribution in [3.63, 3.8) is 0 Å². The molecule has 10 heteroatoms. The molecule has 2 amide bonds. The minimum absolute atomic E-state index is 0.111. The second-order valence-electron chi connectivity index (χ2n) is 6.16. The molecule has 3 rings (SSSR count). The van der Waals surface area contributed by atoms with Crippen LogP contribution in [0.3, 0.4) is 0 Å². The van der Waals surface area contributed by atoms with Crippen molar-refractivity contribution in [2.45, 2.75) is 0 Å². The third kappa shape index (κ3) is 4.70. The molecule has 160 valence electrons. The highest BCUT2D eigenvalue weighted by Gasteiger charge is 2.35. The predicted molar refractivity (Wildman–Crippen MR) is 126 cm³/mol. The lowest BCUT2D eigenvalue weighted by Gasteiger charge is -2.29. The molecule has 2 aromatic carbocycles. The average molecular weight is 498 g/mol. The first-order valence-corrected chi connectivity index (χ1v) is 10.3. The minimum atomic E-state index is -0.667. The number of carbonyl (C=O) groups is 2. The van der Waals surface area contributed by atoms with Gasteiger partial charge in [0.1, 0.15) is 12.2 Å². The second-order valence-corrected chi connectivity index (χ2v) is 7.74. The second kappa shape index (κ2) is 9.70. The lowest BCUT2D eigenvalue weighted by atomic mass is 10.1. The number of rotatable bonds is 6. The molecule has 1 heterocycles. The number of amides is 2. The number of nitrogens with one attached hydrogen (secondary N) is 1. The molecule has 0 unspecified atom stereocenters. The van der Waals surface area contributed by atoms with Crippen LogP contribution in [0.15, 0.2) is 48.6 Å². The smallest absolute Gasteiger partial charge is 0.270 e. The maximum atomic E-state index is 13.2. The van der Waals surface area contributed by atoms with E-state index in [0.29, 0.717) is 17.1 Å². The van der Waals surface area contributed by atoms with E-state index in [4.69, 9.17) is 56.5 Å². The summed E-state index contributed by atoms with van der Waals surface area (Å²) in [5.41, 5.74) is 0.512. The Hall–Kier alpha value is -2.58. The summed E-state index contributed by atoms with van der Waals surface area (Å²) in [5.74, 6) is -0.680. The monoisotopic (exact) mass is 496 g/mol. The van der Waals surface area contributed by atoms with Gasteiger partial charge in [0.25, 0.3) is 11.8 Å². The molecule has 1 N–H and O–H groups in total. The van der Waals surface area contributed by atoms with Crippen LogP contribution < -0.4 is 19.7 Å². The van der Waals surface area contributed by atoms with E-state index in [2.05, 4.69) is 11.9 Å². The molecule has 1 aliphatic rings. The van der Waals surface area contributed by atoms with Gasteiger partial charge >= 0.3 is 0 Å². The number of ether oxygens (including phenoxy) is 2. The summed E-state index contributed by atoms with van der Waals surface area (Å²) in [7, 11) is 1.45. The van der Waals surface area contributed by atoms with Gasteiger partial charge in [-0.1, -0.05) is 53.5 Å². The summed E-state index contributed by atoms with van der Waals surface area (Å²) in [5, 5.41) is 2.98. The number of methoxy groups -OCH3 is 1. The van der Waals surface area contributed by atoms with Crippen molar-refractivity contribution < 1.29 is 19.1 Å². The molecule has 1 fully saturated rings. The summed E-state index contributed by atoms with van der Waals surface area (Å²) in [6, 6.07) is 7.89. The first kappa shape index (κ1) is 23.1. The normalized spacial score (nSPS) is 15.2. The highest BCUT2D eigenvalue weighted by Crippen LogP contribution is 2.38. The van der Waals surface area contributed by atoms with Gasteiger partial charge in [0.15, 0.2) is 16.6 Å². The maximum Gasteiger partial charge on any atom is 0.270 e. The average Bonchev–Trinajstić information content (AvgIpc) is 2.73. The summed E-state index contributed by atoms with van der Waals surface area (Å²) < 4.78 is 10.8. The van der Waals surface area contributed by atoms with E-state index in [0.717, 1.165) is 4.90 Å². The summed E-state index contributed by atoms with van der Waals surface area (Å²) in [6.07, 6.45) is 2.94. The lowest BCUT2D eigenvalue weighted by molar-refractivity contribution is -0.122. The molecule has 0 aromatic heterocycles. The van der Waals surface area contributed by atoms with Crippen LogP contribution in [0.5, 0.6) is 11.5 Å². The number of halogens is 3. The highest BCUT2D eigenvalue weighted by molar-refractivity contribution is 7.80. The van der Waals surface area contributed by atoms with Crippen molar-refractivity contribution >= 4 is 75.7 Å². The topological polar surface area (TPSA) is 67.9 Å². The fraction of sp³-hybridized carbons (Fsp3) is 0.0952. The number of benzene rings is 2. The Bertz CT molecular complexity index is 1130. The van der Waals surface area contributed by atoms with Gasteiger partial charge in [0.2, 0.25) is 0 Å². The third-order valence-electron chi connectivity index (χ3n) is 4.18. The number of carbonyl (C=O) groups excluding carboxylic acids is 2. The quantitative estimate of drug-likeness (QED) is 0.262. The van der Waals surface area contributed by atoms with Gasteiger partial charge in [-0.15, -0.1) is 0 Å². The molecule has 0 saturated carbocycles. The van der Waals surface area contributed by atoms with Crippen LogP contribution in [-0.2, 0) is 9.59 Å². The van der Waals surface area contributed by atoms with Crippen LogP contribution in [0, 0.1) is 0 Å². The summed E-state index contributed by atoms with van der Waals surface area (Å²) in [6.45, 7) is 3.82. The van der Waals surface area contributed by atoms with Gasteiger partial charge in [-0.05, 0) is 48.1 Å². The molecule has 0 bridgehead atoms. The number of thiocarbonyl (C=S) groups is 1. The van der Waals surface area contributed by atoms with E-state index in [9.17, 15) is 9.59 Å². The Balaban J connectivity index is 2.05. The number of hydrogen-bond acceptors (Lipinski definition) is 5. The number of hydrogen-bond donors (Lipinski definition) is 1. The van der Waals surface area contributed by atoms with Gasteiger partial charge in [0.05, 0.1) is 27.9 Å². The summed E-state index contributed by atoms with van der Waals surface area (Å²) >= 11 is 23.8. The molecule has 0 radical (unpaired) electrons. The Labute approximate surface area is 199 Å². The van der Waals surface area contributed by atoms with Gasteiger partial charge in [-0.3, -0.25) is 19.8 Å². The van der Waals surface area contributed by atoms with E-state index in [1.54, 1.807) is 36.4 Å². The fourth-order valence-corrected chi connectivity index (χ4v) is 3.74. The van der Waals surface area contributed by atoms with Crippen molar-refractivity contribution in [2.24, 2.45) is 0 Å². The minimum Gasteiger partial charge on any atom is -0.493 e. The Kier molecular flexibility index (Phi) is 7.23. The molecule has 0 aliphatic carbocycles. The Morgan fingerprint density at radius 1 is 1.19 bits per heavy atom. The van der Waals surface area contributed by atoms with E-state index < -0.39 is 11.8 Å². The zero-order valence-electron chi connectivity index (χ0n) is 16.1. The molecular formula is C21H15Cl3N2O4S. The molecule has 2 aromatic rings. The fourth-order valence-electron chi connectivity index (χ4n) is 2.81. The SMILES string of the molecule is C=CCOc1c(Cl)cc(/C=C2\C(=O)NC(=S)N(c3cccc(Cl)c3Cl)C2=O)cc1OC. The summed E-state index contributed by atoms with van der Waals surface area (Å²) in [4.78, 5) is 26.8. The first-order chi connectivity index (χ1) is 14.8. The van der Waals surface area contributed by atoms with E-state index in [1.165, 1.54) is 13.2 Å². The van der Waals surface area contributed by atoms with E-state index >= 15 is 0 Å². The van der Waals surface area contributed by atoms with Crippen LogP contribution in [0.2, 0.25) is 15.1 Å². The molecule has 1 saturated heterocycles. The van der Waals surface area contributed by atoms with Gasteiger partial charge < -0.3 is 9.47 Å². The van der Waals surface area contributed by atoms with Crippen LogP contribution in [0.4, 0.5) is 5.69 Å². The molecule has 1 aliphatic heterocycles. The molecule has 6 nitrogen and oxygen atoms in total. The van der Waals surface area contributed by atoms with Crippen molar-refractivity contribution in [3.8, 4) is 11.5 Å². The third-order valence-corrected chi connectivity index (χ3v) is 5.56. The number of anilines is 1. The molecular weight excluding hydrogens is 483 g/mol. The van der Waals surface area contributed by atoms with E-state index in [-0.39, 0.29) is 38.0 Å². The van der Waals surface area contributed by atoms with Crippen LogP contribution in [0.1, 0.15) is 5.56 Å². The molecule has 0 spiro atoms. The molecule has 31 heavy (non-hydrogen) atoms. The van der Waals surface area contributed by atoms with Crippen LogP contribution in [0.25, 0.3) is 6.08 Å². The Morgan fingerprint density at radius 2 is 1.94 bits per heavy atom. The van der Waals surface area contributed by atoms with Crippen LogP contribution >= 0.6 is 47.0 Å². The van der Waals surface area contributed by atoms with Gasteiger partial charge in [-0.25, -0.2) is 0 Å². The van der Waals surface area contributed by atoms with Gasteiger partial charge in [0, 0.05) is 0 Å². The number of nitrogens with zero attached hydrogens (tertiary/aromatic N) is 1. The first-order valence-electron chi connectivity index (χ1n) is 8.75. The lowest BCUT2D eigenvalue weighted by Crippen LogP contribution is -2.54. The Morgan fingerprint density at radius 3 is 2.61 bits per heavy atom. The van der Waals surface area contributed by atoms with Crippen LogP contribution in [-0.4, -0.2) is 30.6 Å². The van der Waals surface area contributed by atoms with Crippen molar-refractivity contribution in [1.82, 2.24) is 5.32 Å². The molecule has 0 atom stereocenters. The van der Waals surface area contributed by atoms with Crippen molar-refractivity contribution in [3.05, 3.63) is 69.2 Å². The standard InChI is InChI=1S/C21H15Cl3N2O4S/c1-3-7-30-18-14(23)9-11(10-16(18)29-2)8-12-19(27)25-21(31)26(20(12)28)15-6-4-5-13(22)17(15)24/h3-6,8-10H,1,7H2,2H3,(H,25,27,31)/b12-8+. The largest absolute Gasteiger partial charge is 0.493 e. The highest BCUT2D eigenvalue weighted by atomic mass is 35.5. The predicted octanol–water partition coefficient (Wildman–Crippen LogP) is 5.05. The van der Waals surface area contributed by atoms with Crippen molar-refractivity contribution in [2.75, 3.05) is 18.6 Å². The van der Waals surface area contributed by atoms with Crippen molar-refractivity contribution in [1.29, 1.82) is 0 Å². The van der Waals surface area contributed by atoms with E-state index in [1.807, 2.05) is 0 Å². The van der Waals surface area contributed by atoms with Gasteiger partial charge in [-0.2, -0.15) is 0 Å².